The highest BCUT2D eigenvalue weighted by Gasteiger charge is 2.19. The summed E-state index contributed by atoms with van der Waals surface area (Å²) >= 11 is 16.9. The number of thiocarbonyl (C=S) groups is 1. The lowest BCUT2D eigenvalue weighted by Gasteiger charge is -2.17. The van der Waals surface area contributed by atoms with Crippen molar-refractivity contribution in [1.82, 2.24) is 10.6 Å². The van der Waals surface area contributed by atoms with E-state index in [0.29, 0.717) is 22.3 Å². The van der Waals surface area contributed by atoms with E-state index >= 15 is 0 Å². The van der Waals surface area contributed by atoms with E-state index in [0.717, 1.165) is 19.4 Å². The number of carbonyl (C=O) groups is 1. The second-order valence-electron chi connectivity index (χ2n) is 5.17. The van der Waals surface area contributed by atoms with E-state index < -0.39 is 6.10 Å². The molecule has 5 nitrogen and oxygen atoms in total. The molecule has 1 fully saturated rings. The van der Waals surface area contributed by atoms with Gasteiger partial charge in [0, 0.05) is 18.2 Å². The molecule has 0 aromatic heterocycles. The highest BCUT2D eigenvalue weighted by Crippen LogP contribution is 2.28. The van der Waals surface area contributed by atoms with Crippen molar-refractivity contribution < 1.29 is 14.3 Å². The van der Waals surface area contributed by atoms with Gasteiger partial charge < -0.3 is 14.8 Å². The van der Waals surface area contributed by atoms with Crippen LogP contribution in [0.15, 0.2) is 18.2 Å². The predicted molar refractivity (Wildman–Crippen MR) is 94.3 cm³/mol. The number of amides is 1. The van der Waals surface area contributed by atoms with Crippen molar-refractivity contribution in [3.63, 3.8) is 0 Å². The monoisotopic (exact) mass is 376 g/mol. The zero-order valence-electron chi connectivity index (χ0n) is 12.6. The topological polar surface area (TPSA) is 59.6 Å². The summed E-state index contributed by atoms with van der Waals surface area (Å²) in [5.74, 6) is 0.0257. The maximum absolute atomic E-state index is 12.1. The van der Waals surface area contributed by atoms with Gasteiger partial charge >= 0.3 is 0 Å². The number of hydrogen-bond acceptors (Lipinski definition) is 4. The standard InChI is InChI=1S/C15H18Cl2N2O3S/c1-9(22-13-5-4-10(16)7-12(13)17)14(20)19-15(23)18-8-11-3-2-6-21-11/h4-5,7,9,11H,2-3,6,8H2,1H3,(H2,18,19,20,23). The Balaban J connectivity index is 1.78. The Hall–Kier alpha value is -1.08. The fourth-order valence-corrected chi connectivity index (χ4v) is 2.72. The summed E-state index contributed by atoms with van der Waals surface area (Å²) in [6.07, 6.45) is 1.44. The summed E-state index contributed by atoms with van der Waals surface area (Å²) in [5, 5.41) is 6.65. The molecular weight excluding hydrogens is 359 g/mol. The third-order valence-electron chi connectivity index (χ3n) is 3.32. The molecule has 1 aliphatic rings. The van der Waals surface area contributed by atoms with Crippen molar-refractivity contribution in [3.05, 3.63) is 28.2 Å². The third kappa shape index (κ3) is 5.80. The number of ether oxygens (including phenoxy) is 2. The number of nitrogens with one attached hydrogen (secondary N) is 2. The Morgan fingerprint density at radius 1 is 1.52 bits per heavy atom. The largest absolute Gasteiger partial charge is 0.479 e. The molecule has 0 spiro atoms. The summed E-state index contributed by atoms with van der Waals surface area (Å²) in [4.78, 5) is 12.1. The number of benzene rings is 1. The number of hydrogen-bond donors (Lipinski definition) is 2. The summed E-state index contributed by atoms with van der Waals surface area (Å²) in [6.45, 7) is 2.97. The van der Waals surface area contributed by atoms with Gasteiger partial charge in [-0.2, -0.15) is 0 Å². The second-order valence-corrected chi connectivity index (χ2v) is 6.42. The van der Waals surface area contributed by atoms with Crippen LogP contribution in [0.1, 0.15) is 19.8 Å². The molecule has 126 valence electrons. The summed E-state index contributed by atoms with van der Waals surface area (Å²) in [7, 11) is 0. The van der Waals surface area contributed by atoms with E-state index in [1.807, 2.05) is 0 Å². The number of halogens is 2. The lowest BCUT2D eigenvalue weighted by atomic mass is 10.2. The quantitative estimate of drug-likeness (QED) is 0.773. The van der Waals surface area contributed by atoms with Crippen LogP contribution in [0, 0.1) is 0 Å². The third-order valence-corrected chi connectivity index (χ3v) is 4.09. The molecule has 0 radical (unpaired) electrons. The van der Waals surface area contributed by atoms with Crippen LogP contribution in [-0.2, 0) is 9.53 Å². The van der Waals surface area contributed by atoms with E-state index in [9.17, 15) is 4.79 Å². The van der Waals surface area contributed by atoms with Gasteiger partial charge in [-0.25, -0.2) is 0 Å². The van der Waals surface area contributed by atoms with Crippen molar-refractivity contribution in [2.45, 2.75) is 32.0 Å². The maximum Gasteiger partial charge on any atom is 0.266 e. The van der Waals surface area contributed by atoms with Crippen LogP contribution in [0.5, 0.6) is 5.75 Å². The molecule has 2 unspecified atom stereocenters. The summed E-state index contributed by atoms with van der Waals surface area (Å²) < 4.78 is 11.0. The molecule has 1 heterocycles. The van der Waals surface area contributed by atoms with E-state index in [1.54, 1.807) is 25.1 Å². The van der Waals surface area contributed by atoms with Crippen LogP contribution in [0.4, 0.5) is 0 Å². The fraction of sp³-hybridized carbons (Fsp3) is 0.467. The average Bonchev–Trinajstić information content (AvgIpc) is 3.01. The second kappa shape index (κ2) is 8.68. The van der Waals surface area contributed by atoms with Gasteiger partial charge in [0.25, 0.3) is 5.91 Å². The minimum Gasteiger partial charge on any atom is -0.479 e. The average molecular weight is 377 g/mol. The Labute approximate surface area is 150 Å². The zero-order chi connectivity index (χ0) is 16.8. The minimum atomic E-state index is -0.754. The minimum absolute atomic E-state index is 0.145. The Kier molecular flexibility index (Phi) is 6.89. The van der Waals surface area contributed by atoms with E-state index in [2.05, 4.69) is 10.6 Å². The highest BCUT2D eigenvalue weighted by molar-refractivity contribution is 7.80. The Morgan fingerprint density at radius 3 is 2.96 bits per heavy atom. The maximum atomic E-state index is 12.1. The molecule has 2 rings (SSSR count). The van der Waals surface area contributed by atoms with Gasteiger partial charge in [-0.05, 0) is 50.2 Å². The molecule has 1 aromatic rings. The first-order chi connectivity index (χ1) is 11.0. The number of rotatable bonds is 5. The molecule has 0 bridgehead atoms. The molecule has 1 amide bonds. The highest BCUT2D eigenvalue weighted by atomic mass is 35.5. The van der Waals surface area contributed by atoms with Crippen molar-refractivity contribution in [3.8, 4) is 5.75 Å². The molecule has 23 heavy (non-hydrogen) atoms. The van der Waals surface area contributed by atoms with E-state index in [-0.39, 0.29) is 17.1 Å². The lowest BCUT2D eigenvalue weighted by molar-refractivity contribution is -0.125. The number of carbonyl (C=O) groups excluding carboxylic acids is 1. The molecule has 8 heteroatoms. The van der Waals surface area contributed by atoms with Gasteiger partial charge in [0.2, 0.25) is 0 Å². The Morgan fingerprint density at radius 2 is 2.30 bits per heavy atom. The van der Waals surface area contributed by atoms with Crippen LogP contribution in [0.3, 0.4) is 0 Å². The molecule has 2 N–H and O–H groups in total. The van der Waals surface area contributed by atoms with Gasteiger partial charge in [-0.3, -0.25) is 10.1 Å². The molecule has 2 atom stereocenters. The van der Waals surface area contributed by atoms with Gasteiger partial charge in [-0.15, -0.1) is 0 Å². The van der Waals surface area contributed by atoms with E-state index in [1.165, 1.54) is 0 Å². The van der Waals surface area contributed by atoms with E-state index in [4.69, 9.17) is 44.9 Å². The molecule has 0 saturated carbocycles. The van der Waals surface area contributed by atoms with Gasteiger partial charge in [0.05, 0.1) is 11.1 Å². The van der Waals surface area contributed by atoms with Crippen LogP contribution < -0.4 is 15.4 Å². The first kappa shape index (κ1) is 18.3. The van der Waals surface area contributed by atoms with Crippen molar-refractivity contribution >= 4 is 46.4 Å². The molecular formula is C15H18Cl2N2O3S. The first-order valence-electron chi connectivity index (χ1n) is 7.27. The normalized spacial score (nSPS) is 18.3. The summed E-state index contributed by atoms with van der Waals surface area (Å²) in [5.41, 5.74) is 0. The molecule has 1 saturated heterocycles. The Bertz CT molecular complexity index is 580. The zero-order valence-corrected chi connectivity index (χ0v) is 14.9. The van der Waals surface area contributed by atoms with Crippen LogP contribution in [0.25, 0.3) is 0 Å². The van der Waals surface area contributed by atoms with Crippen molar-refractivity contribution in [1.29, 1.82) is 0 Å². The van der Waals surface area contributed by atoms with Gasteiger partial charge in [0.1, 0.15) is 5.75 Å². The smallest absolute Gasteiger partial charge is 0.266 e. The SMILES string of the molecule is CC(Oc1ccc(Cl)cc1Cl)C(=O)NC(=S)NCC1CCCO1. The van der Waals surface area contributed by atoms with Crippen LogP contribution >= 0.6 is 35.4 Å². The predicted octanol–water partition coefficient (Wildman–Crippen LogP) is 2.93. The van der Waals surface area contributed by atoms with Crippen molar-refractivity contribution in [2.24, 2.45) is 0 Å². The molecule has 0 aliphatic carbocycles. The van der Waals surface area contributed by atoms with Crippen LogP contribution in [0.2, 0.25) is 10.0 Å². The molecule has 1 aliphatic heterocycles. The fourth-order valence-electron chi connectivity index (χ4n) is 2.08. The van der Waals surface area contributed by atoms with Crippen LogP contribution in [-0.4, -0.2) is 36.4 Å². The summed E-state index contributed by atoms with van der Waals surface area (Å²) in [6, 6.07) is 4.81. The molecule has 1 aromatic carbocycles. The van der Waals surface area contributed by atoms with Gasteiger partial charge in [-0.1, -0.05) is 23.2 Å². The first-order valence-corrected chi connectivity index (χ1v) is 8.44. The van der Waals surface area contributed by atoms with Crippen molar-refractivity contribution in [2.75, 3.05) is 13.2 Å². The lowest BCUT2D eigenvalue weighted by Crippen LogP contribution is -2.46. The van der Waals surface area contributed by atoms with Gasteiger partial charge in [0.15, 0.2) is 11.2 Å².